The summed E-state index contributed by atoms with van der Waals surface area (Å²) in [6.45, 7) is 4.64. The Morgan fingerprint density at radius 1 is 0.860 bits per heavy atom. The standard InChI is InChI=1S/C33H44N2O7S/c1-38-31-10-5-4-9-28(31)25-39-20-7-21-40-29-14-12-26(13-15-29)30-17-18-34-24-33(30)42-23-22-41-32-11-6-3-8-27(32)16-19-35-43(2,36)37/h3-6,8-15,30,33-35H,7,16-25H2,1-2H3. The number of benzene rings is 3. The van der Waals surface area contributed by atoms with Gasteiger partial charge in [0, 0.05) is 31.0 Å². The van der Waals surface area contributed by atoms with E-state index < -0.39 is 10.0 Å². The van der Waals surface area contributed by atoms with Gasteiger partial charge in [-0.1, -0.05) is 48.5 Å². The van der Waals surface area contributed by atoms with Crippen molar-refractivity contribution in [1.29, 1.82) is 0 Å². The third-order valence-corrected chi connectivity index (χ3v) is 8.02. The number of piperidine rings is 1. The van der Waals surface area contributed by atoms with Crippen molar-refractivity contribution in [3.8, 4) is 17.2 Å². The van der Waals surface area contributed by atoms with Crippen LogP contribution in [0.1, 0.15) is 35.4 Å². The highest BCUT2D eigenvalue weighted by Crippen LogP contribution is 2.29. The SMILES string of the molecule is COc1ccccc1COCCCOc1ccc(C2CCNCC2OCCOc2ccccc2CCNS(C)(=O)=O)cc1. The number of para-hydroxylation sites is 2. The molecule has 234 valence electrons. The third kappa shape index (κ3) is 11.1. The summed E-state index contributed by atoms with van der Waals surface area (Å²) in [4.78, 5) is 0. The fraction of sp³-hybridized carbons (Fsp3) is 0.455. The maximum atomic E-state index is 11.4. The van der Waals surface area contributed by atoms with Crippen LogP contribution in [0.5, 0.6) is 17.2 Å². The van der Waals surface area contributed by atoms with Crippen LogP contribution >= 0.6 is 0 Å². The van der Waals surface area contributed by atoms with Gasteiger partial charge >= 0.3 is 0 Å². The van der Waals surface area contributed by atoms with Crippen LogP contribution in [0.15, 0.2) is 72.8 Å². The van der Waals surface area contributed by atoms with Crippen LogP contribution in [0.4, 0.5) is 0 Å². The summed E-state index contributed by atoms with van der Waals surface area (Å²) in [5.74, 6) is 2.72. The van der Waals surface area contributed by atoms with E-state index in [-0.39, 0.29) is 12.0 Å². The highest BCUT2D eigenvalue weighted by atomic mass is 32.2. The highest BCUT2D eigenvalue weighted by molar-refractivity contribution is 7.88. The van der Waals surface area contributed by atoms with E-state index in [2.05, 4.69) is 22.2 Å². The zero-order valence-corrected chi connectivity index (χ0v) is 25.9. The average molecular weight is 613 g/mol. The summed E-state index contributed by atoms with van der Waals surface area (Å²) in [5.41, 5.74) is 3.23. The molecular formula is C33H44N2O7S. The van der Waals surface area contributed by atoms with Crippen LogP contribution in [0.2, 0.25) is 0 Å². The minimum atomic E-state index is -3.22. The molecule has 9 nitrogen and oxygen atoms in total. The molecule has 0 amide bonds. The normalized spacial score (nSPS) is 17.0. The van der Waals surface area contributed by atoms with Crippen LogP contribution in [0, 0.1) is 0 Å². The van der Waals surface area contributed by atoms with E-state index in [4.69, 9.17) is 23.7 Å². The minimum Gasteiger partial charge on any atom is -0.496 e. The summed E-state index contributed by atoms with van der Waals surface area (Å²) in [5, 5.41) is 3.44. The molecule has 1 aliphatic heterocycles. The molecule has 43 heavy (non-hydrogen) atoms. The Morgan fingerprint density at radius 3 is 2.37 bits per heavy atom. The first-order valence-electron chi connectivity index (χ1n) is 14.8. The van der Waals surface area contributed by atoms with Crippen molar-refractivity contribution in [2.75, 3.05) is 59.4 Å². The summed E-state index contributed by atoms with van der Waals surface area (Å²) >= 11 is 0. The van der Waals surface area contributed by atoms with Crippen molar-refractivity contribution in [1.82, 2.24) is 10.0 Å². The zero-order chi connectivity index (χ0) is 30.3. The van der Waals surface area contributed by atoms with Crippen LogP contribution in [0.3, 0.4) is 0 Å². The molecular weight excluding hydrogens is 568 g/mol. The Morgan fingerprint density at radius 2 is 1.60 bits per heavy atom. The maximum Gasteiger partial charge on any atom is 0.208 e. The third-order valence-electron chi connectivity index (χ3n) is 7.29. The second kappa shape index (κ2) is 17.2. The van der Waals surface area contributed by atoms with Crippen molar-refractivity contribution in [3.05, 3.63) is 89.5 Å². The van der Waals surface area contributed by atoms with E-state index in [1.807, 2.05) is 60.7 Å². The molecule has 2 N–H and O–H groups in total. The second-order valence-electron chi connectivity index (χ2n) is 10.5. The van der Waals surface area contributed by atoms with Gasteiger partial charge in [-0.2, -0.15) is 0 Å². The van der Waals surface area contributed by atoms with Crippen molar-refractivity contribution in [2.45, 2.75) is 37.9 Å². The van der Waals surface area contributed by atoms with Crippen LogP contribution < -0.4 is 24.2 Å². The van der Waals surface area contributed by atoms with Gasteiger partial charge in [0.15, 0.2) is 0 Å². The van der Waals surface area contributed by atoms with Crippen molar-refractivity contribution < 1.29 is 32.1 Å². The number of rotatable bonds is 18. The molecule has 1 aliphatic rings. The summed E-state index contributed by atoms with van der Waals surface area (Å²) < 4.78 is 54.7. The molecule has 10 heteroatoms. The molecule has 0 aromatic heterocycles. The molecule has 2 unspecified atom stereocenters. The molecule has 1 saturated heterocycles. The lowest BCUT2D eigenvalue weighted by atomic mass is 9.88. The van der Waals surface area contributed by atoms with Gasteiger partial charge < -0.3 is 29.0 Å². The van der Waals surface area contributed by atoms with Gasteiger partial charge in [0.1, 0.15) is 23.9 Å². The van der Waals surface area contributed by atoms with Gasteiger partial charge in [-0.25, -0.2) is 13.1 Å². The lowest BCUT2D eigenvalue weighted by Crippen LogP contribution is -2.41. The number of methoxy groups -OCH3 is 1. The Labute approximate surface area is 255 Å². The Kier molecular flexibility index (Phi) is 13.1. The molecule has 4 rings (SSSR count). The average Bonchev–Trinajstić information content (AvgIpc) is 3.02. The van der Waals surface area contributed by atoms with Crippen molar-refractivity contribution in [2.24, 2.45) is 0 Å². The Hall–Kier alpha value is -3.15. The molecule has 0 aliphatic carbocycles. The van der Waals surface area contributed by atoms with Gasteiger partial charge in [-0.15, -0.1) is 0 Å². The van der Waals surface area contributed by atoms with Crippen LogP contribution in [-0.4, -0.2) is 73.9 Å². The van der Waals surface area contributed by atoms with Crippen molar-refractivity contribution >= 4 is 10.0 Å². The van der Waals surface area contributed by atoms with Gasteiger partial charge in [0.25, 0.3) is 0 Å². The molecule has 1 heterocycles. The molecule has 0 bridgehead atoms. The van der Waals surface area contributed by atoms with Gasteiger partial charge in [-0.3, -0.25) is 0 Å². The first-order chi connectivity index (χ1) is 20.9. The predicted molar refractivity (Wildman–Crippen MR) is 168 cm³/mol. The molecule has 0 saturated carbocycles. The molecule has 3 aromatic carbocycles. The summed E-state index contributed by atoms with van der Waals surface area (Å²) in [6.07, 6.45) is 3.54. The smallest absolute Gasteiger partial charge is 0.208 e. The van der Waals surface area contributed by atoms with E-state index in [0.29, 0.717) is 46.0 Å². The van der Waals surface area contributed by atoms with E-state index in [9.17, 15) is 8.42 Å². The second-order valence-corrected chi connectivity index (χ2v) is 12.3. The fourth-order valence-electron chi connectivity index (χ4n) is 5.13. The molecule has 3 aromatic rings. The topological polar surface area (TPSA) is 104 Å². The minimum absolute atomic E-state index is 0.0405. The van der Waals surface area contributed by atoms with E-state index in [0.717, 1.165) is 60.6 Å². The summed E-state index contributed by atoms with van der Waals surface area (Å²) in [6, 6.07) is 23.9. The molecule has 0 radical (unpaired) electrons. The Bertz CT molecular complexity index is 1350. The number of hydrogen-bond donors (Lipinski definition) is 2. The lowest BCUT2D eigenvalue weighted by Gasteiger charge is -2.32. The van der Waals surface area contributed by atoms with E-state index in [1.165, 1.54) is 5.56 Å². The molecule has 0 spiro atoms. The van der Waals surface area contributed by atoms with Crippen molar-refractivity contribution in [3.63, 3.8) is 0 Å². The van der Waals surface area contributed by atoms with Crippen LogP contribution in [0.25, 0.3) is 0 Å². The summed E-state index contributed by atoms with van der Waals surface area (Å²) in [7, 11) is -1.55. The molecule has 1 fully saturated rings. The largest absolute Gasteiger partial charge is 0.496 e. The maximum absolute atomic E-state index is 11.4. The monoisotopic (exact) mass is 612 g/mol. The van der Waals surface area contributed by atoms with E-state index >= 15 is 0 Å². The lowest BCUT2D eigenvalue weighted by molar-refractivity contribution is 0.00721. The first-order valence-corrected chi connectivity index (χ1v) is 16.7. The van der Waals surface area contributed by atoms with Gasteiger partial charge in [-0.05, 0) is 54.8 Å². The fourth-order valence-corrected chi connectivity index (χ4v) is 5.60. The van der Waals surface area contributed by atoms with E-state index in [1.54, 1.807) is 7.11 Å². The Balaban J connectivity index is 1.17. The first kappa shape index (κ1) is 32.8. The number of sulfonamides is 1. The predicted octanol–water partition coefficient (Wildman–Crippen LogP) is 4.31. The highest BCUT2D eigenvalue weighted by Gasteiger charge is 2.27. The number of ether oxygens (including phenoxy) is 5. The number of hydrogen-bond acceptors (Lipinski definition) is 8. The van der Waals surface area contributed by atoms with Gasteiger partial charge in [0.2, 0.25) is 10.0 Å². The zero-order valence-electron chi connectivity index (χ0n) is 25.1. The van der Waals surface area contributed by atoms with Gasteiger partial charge in [0.05, 0.1) is 45.9 Å². The number of nitrogens with one attached hydrogen (secondary N) is 2. The quantitative estimate of drug-likeness (QED) is 0.205. The molecule has 2 atom stereocenters. The van der Waals surface area contributed by atoms with Crippen LogP contribution in [-0.2, 0) is 32.5 Å².